The summed E-state index contributed by atoms with van der Waals surface area (Å²) in [5.41, 5.74) is 0. The number of nitrogens with zero attached hydrogens (tertiary/aromatic N) is 4. The number of aryl methyl sites for hydroxylation is 1. The van der Waals surface area contributed by atoms with E-state index in [2.05, 4.69) is 40.9 Å². The molecule has 0 aliphatic carbocycles. The first-order chi connectivity index (χ1) is 7.19. The molecule has 1 N–H and O–H groups in total. The lowest BCUT2D eigenvalue weighted by atomic mass is 10.3. The summed E-state index contributed by atoms with van der Waals surface area (Å²) in [4.78, 5) is 0. The summed E-state index contributed by atoms with van der Waals surface area (Å²) in [5, 5.41) is 15.5. The minimum absolute atomic E-state index is 0.199. The molecule has 6 heteroatoms. The van der Waals surface area contributed by atoms with Crippen LogP contribution in [0.3, 0.4) is 0 Å². The third kappa shape index (κ3) is 3.46. The molecule has 5 nitrogen and oxygen atoms in total. The standard InChI is InChI=1S/C9H19N5S/c1-7(15-4)5-6-14-9(8(2)10-3)11-12-13-14/h7-8,10H,5-6H2,1-4H3. The normalized spacial score (nSPS) is 15.2. The number of nitrogens with one attached hydrogen (secondary N) is 1. The van der Waals surface area contributed by atoms with Crippen molar-refractivity contribution in [3.63, 3.8) is 0 Å². The highest BCUT2D eigenvalue weighted by atomic mass is 32.2. The lowest BCUT2D eigenvalue weighted by Gasteiger charge is -2.12. The Bertz CT molecular complexity index is 288. The zero-order valence-electron chi connectivity index (χ0n) is 9.77. The Labute approximate surface area is 95.0 Å². The van der Waals surface area contributed by atoms with Crippen LogP contribution in [-0.2, 0) is 6.54 Å². The van der Waals surface area contributed by atoms with Crippen LogP contribution in [0.2, 0.25) is 0 Å². The molecular weight excluding hydrogens is 210 g/mol. The molecule has 0 radical (unpaired) electrons. The van der Waals surface area contributed by atoms with Crippen LogP contribution in [0.25, 0.3) is 0 Å². The Morgan fingerprint density at radius 2 is 2.20 bits per heavy atom. The second kappa shape index (κ2) is 6.07. The summed E-state index contributed by atoms with van der Waals surface area (Å²) >= 11 is 1.87. The van der Waals surface area contributed by atoms with Crippen LogP contribution in [0.4, 0.5) is 0 Å². The SMILES string of the molecule is CNC(C)c1nnnn1CCC(C)SC. The number of rotatable bonds is 6. The minimum Gasteiger partial charge on any atom is -0.311 e. The largest absolute Gasteiger partial charge is 0.311 e. The lowest BCUT2D eigenvalue weighted by Crippen LogP contribution is -2.19. The van der Waals surface area contributed by atoms with E-state index in [1.807, 2.05) is 23.5 Å². The van der Waals surface area contributed by atoms with Gasteiger partial charge in [0, 0.05) is 11.8 Å². The molecule has 0 spiro atoms. The molecule has 86 valence electrons. The van der Waals surface area contributed by atoms with Gasteiger partial charge in [-0.15, -0.1) is 5.10 Å². The van der Waals surface area contributed by atoms with E-state index in [-0.39, 0.29) is 6.04 Å². The third-order valence-corrected chi connectivity index (χ3v) is 3.57. The predicted octanol–water partition coefficient (Wildman–Crippen LogP) is 1.10. The van der Waals surface area contributed by atoms with Crippen LogP contribution in [-0.4, -0.2) is 38.8 Å². The summed E-state index contributed by atoms with van der Waals surface area (Å²) in [6, 6.07) is 0.199. The van der Waals surface area contributed by atoms with Crippen molar-refractivity contribution in [3.8, 4) is 0 Å². The van der Waals surface area contributed by atoms with E-state index in [0.29, 0.717) is 5.25 Å². The molecule has 15 heavy (non-hydrogen) atoms. The molecule has 1 heterocycles. The van der Waals surface area contributed by atoms with Gasteiger partial charge in [0.2, 0.25) is 0 Å². The topological polar surface area (TPSA) is 55.6 Å². The van der Waals surface area contributed by atoms with Gasteiger partial charge in [-0.2, -0.15) is 11.8 Å². The highest BCUT2D eigenvalue weighted by Crippen LogP contribution is 2.12. The van der Waals surface area contributed by atoms with E-state index in [4.69, 9.17) is 0 Å². The van der Waals surface area contributed by atoms with E-state index < -0.39 is 0 Å². The van der Waals surface area contributed by atoms with Crippen molar-refractivity contribution in [2.24, 2.45) is 0 Å². The highest BCUT2D eigenvalue weighted by Gasteiger charge is 2.12. The van der Waals surface area contributed by atoms with Crippen LogP contribution < -0.4 is 5.32 Å². The number of hydrogen-bond acceptors (Lipinski definition) is 5. The average molecular weight is 229 g/mol. The van der Waals surface area contributed by atoms with Crippen molar-refractivity contribution in [1.82, 2.24) is 25.5 Å². The molecule has 2 atom stereocenters. The molecule has 0 saturated carbocycles. The van der Waals surface area contributed by atoms with Gasteiger partial charge in [-0.25, -0.2) is 4.68 Å². The maximum Gasteiger partial charge on any atom is 0.167 e. The number of hydrogen-bond donors (Lipinski definition) is 1. The molecule has 0 aliphatic rings. The van der Waals surface area contributed by atoms with E-state index in [1.165, 1.54) is 0 Å². The van der Waals surface area contributed by atoms with E-state index in [1.54, 1.807) is 0 Å². The quantitative estimate of drug-likeness (QED) is 0.791. The predicted molar refractivity (Wildman–Crippen MR) is 62.9 cm³/mol. The van der Waals surface area contributed by atoms with E-state index in [0.717, 1.165) is 18.8 Å². The number of aromatic nitrogens is 4. The Morgan fingerprint density at radius 1 is 1.47 bits per heavy atom. The van der Waals surface area contributed by atoms with Gasteiger partial charge in [-0.05, 0) is 37.1 Å². The van der Waals surface area contributed by atoms with Gasteiger partial charge in [0.25, 0.3) is 0 Å². The maximum atomic E-state index is 4.02. The monoisotopic (exact) mass is 229 g/mol. The second-order valence-corrected chi connectivity index (χ2v) is 4.88. The molecule has 0 saturated heterocycles. The number of tetrazole rings is 1. The van der Waals surface area contributed by atoms with Crippen LogP contribution >= 0.6 is 11.8 Å². The van der Waals surface area contributed by atoms with E-state index in [9.17, 15) is 0 Å². The molecule has 0 aromatic carbocycles. The van der Waals surface area contributed by atoms with Crippen LogP contribution in [0.5, 0.6) is 0 Å². The first kappa shape index (κ1) is 12.4. The fourth-order valence-electron chi connectivity index (χ4n) is 1.23. The van der Waals surface area contributed by atoms with Crippen molar-refractivity contribution in [2.45, 2.75) is 38.1 Å². The van der Waals surface area contributed by atoms with Gasteiger partial charge < -0.3 is 5.32 Å². The summed E-state index contributed by atoms with van der Waals surface area (Å²) in [5.74, 6) is 0.908. The minimum atomic E-state index is 0.199. The Balaban J connectivity index is 2.57. The first-order valence-corrected chi connectivity index (χ1v) is 6.44. The zero-order chi connectivity index (χ0) is 11.3. The molecule has 1 aromatic rings. The van der Waals surface area contributed by atoms with E-state index >= 15 is 0 Å². The molecular formula is C9H19N5S. The molecule has 0 bridgehead atoms. The first-order valence-electron chi connectivity index (χ1n) is 5.15. The fourth-order valence-corrected chi connectivity index (χ4v) is 1.57. The molecule has 0 fully saturated rings. The second-order valence-electron chi connectivity index (χ2n) is 3.61. The molecule has 1 rings (SSSR count). The van der Waals surface area contributed by atoms with Crippen LogP contribution in [0.15, 0.2) is 0 Å². The highest BCUT2D eigenvalue weighted by molar-refractivity contribution is 7.99. The summed E-state index contributed by atoms with van der Waals surface area (Å²) in [7, 11) is 1.91. The van der Waals surface area contributed by atoms with Crippen molar-refractivity contribution in [1.29, 1.82) is 0 Å². The lowest BCUT2D eigenvalue weighted by molar-refractivity contribution is 0.496. The summed E-state index contributed by atoms with van der Waals surface area (Å²) in [6.45, 7) is 5.16. The molecule has 1 aromatic heterocycles. The average Bonchev–Trinajstić information content (AvgIpc) is 2.72. The van der Waals surface area contributed by atoms with Gasteiger partial charge in [0.05, 0.1) is 6.04 Å². The molecule has 0 amide bonds. The smallest absolute Gasteiger partial charge is 0.167 e. The van der Waals surface area contributed by atoms with Crippen molar-refractivity contribution < 1.29 is 0 Å². The maximum absolute atomic E-state index is 4.02. The van der Waals surface area contributed by atoms with Crippen LogP contribution in [0.1, 0.15) is 32.1 Å². The zero-order valence-corrected chi connectivity index (χ0v) is 10.6. The van der Waals surface area contributed by atoms with Crippen molar-refractivity contribution in [3.05, 3.63) is 5.82 Å². The summed E-state index contributed by atoms with van der Waals surface area (Å²) < 4.78 is 1.88. The third-order valence-electron chi connectivity index (χ3n) is 2.53. The Kier molecular flexibility index (Phi) is 5.04. The van der Waals surface area contributed by atoms with Crippen molar-refractivity contribution >= 4 is 11.8 Å². The molecule has 0 aliphatic heterocycles. The Hall–Kier alpha value is -0.620. The van der Waals surface area contributed by atoms with Crippen molar-refractivity contribution in [2.75, 3.05) is 13.3 Å². The van der Waals surface area contributed by atoms with Gasteiger partial charge in [0.1, 0.15) is 0 Å². The Morgan fingerprint density at radius 3 is 2.80 bits per heavy atom. The molecule has 2 unspecified atom stereocenters. The van der Waals surface area contributed by atoms with Gasteiger partial charge in [0.15, 0.2) is 5.82 Å². The van der Waals surface area contributed by atoms with Gasteiger partial charge in [-0.1, -0.05) is 6.92 Å². The van der Waals surface area contributed by atoms with Gasteiger partial charge in [-0.3, -0.25) is 0 Å². The summed E-state index contributed by atoms with van der Waals surface area (Å²) in [6.07, 6.45) is 3.22. The fraction of sp³-hybridized carbons (Fsp3) is 0.889. The van der Waals surface area contributed by atoms with Gasteiger partial charge >= 0.3 is 0 Å². The number of thioether (sulfide) groups is 1. The van der Waals surface area contributed by atoms with Crippen LogP contribution in [0, 0.1) is 0 Å².